The number of rotatable bonds is 7. The quantitative estimate of drug-likeness (QED) is 0.785. The lowest BCUT2D eigenvalue weighted by Gasteiger charge is -2.20. The highest BCUT2D eigenvalue weighted by molar-refractivity contribution is 9.09. The van der Waals surface area contributed by atoms with Gasteiger partial charge in [0.15, 0.2) is 0 Å². The molecule has 4 heteroatoms. The average molecular weight is 313 g/mol. The van der Waals surface area contributed by atoms with Gasteiger partial charge in [-0.05, 0) is 24.2 Å². The van der Waals surface area contributed by atoms with Crippen LogP contribution in [0.5, 0.6) is 0 Å². The molecule has 0 aliphatic carbocycles. The van der Waals surface area contributed by atoms with Crippen molar-refractivity contribution in [2.24, 2.45) is 0 Å². The second kappa shape index (κ2) is 8.27. The molecule has 0 fully saturated rings. The first-order valence-corrected chi connectivity index (χ1v) is 7.45. The van der Waals surface area contributed by atoms with Crippen molar-refractivity contribution in [1.82, 2.24) is 10.2 Å². The first-order valence-electron chi connectivity index (χ1n) is 6.33. The van der Waals surface area contributed by atoms with Crippen LogP contribution < -0.4 is 5.32 Å². The van der Waals surface area contributed by atoms with Gasteiger partial charge in [0.1, 0.15) is 0 Å². The minimum absolute atomic E-state index is 0.0210. The molecule has 100 valence electrons. The zero-order chi connectivity index (χ0) is 13.4. The van der Waals surface area contributed by atoms with Gasteiger partial charge in [0.05, 0.1) is 5.33 Å². The fourth-order valence-electron chi connectivity index (χ4n) is 1.81. The Labute approximate surface area is 118 Å². The number of nitrogens with one attached hydrogen (secondary N) is 1. The molecule has 1 rings (SSSR count). The molecule has 0 aromatic heterocycles. The van der Waals surface area contributed by atoms with E-state index in [0.717, 1.165) is 19.6 Å². The molecule has 0 saturated heterocycles. The highest BCUT2D eigenvalue weighted by atomic mass is 79.9. The lowest BCUT2D eigenvalue weighted by molar-refractivity contribution is -0.118. The van der Waals surface area contributed by atoms with Crippen molar-refractivity contribution in [3.8, 4) is 0 Å². The van der Waals surface area contributed by atoms with Gasteiger partial charge in [-0.3, -0.25) is 9.69 Å². The summed E-state index contributed by atoms with van der Waals surface area (Å²) in [7, 11) is 0. The van der Waals surface area contributed by atoms with E-state index in [-0.39, 0.29) is 5.91 Å². The van der Waals surface area contributed by atoms with Crippen LogP contribution in [0.1, 0.15) is 25.0 Å². The minimum Gasteiger partial charge on any atom is -0.351 e. The van der Waals surface area contributed by atoms with E-state index in [1.807, 2.05) is 6.07 Å². The summed E-state index contributed by atoms with van der Waals surface area (Å²) in [5.41, 5.74) is 2.48. The lowest BCUT2D eigenvalue weighted by atomic mass is 10.1. The van der Waals surface area contributed by atoms with Crippen molar-refractivity contribution in [3.05, 3.63) is 35.4 Å². The Morgan fingerprint density at radius 1 is 1.22 bits per heavy atom. The summed E-state index contributed by atoms with van der Waals surface area (Å²) in [5.74, 6) is 0.0210. The highest BCUT2D eigenvalue weighted by Crippen LogP contribution is 2.11. The number of hydrogen-bond acceptors (Lipinski definition) is 2. The molecular weight excluding hydrogens is 292 g/mol. The van der Waals surface area contributed by atoms with E-state index in [1.54, 1.807) is 0 Å². The van der Waals surface area contributed by atoms with Crippen molar-refractivity contribution >= 4 is 21.8 Å². The summed E-state index contributed by atoms with van der Waals surface area (Å²) in [5, 5.41) is 3.25. The lowest BCUT2D eigenvalue weighted by Crippen LogP contribution is -2.26. The molecule has 18 heavy (non-hydrogen) atoms. The molecule has 0 heterocycles. The molecule has 0 unspecified atom stereocenters. The summed E-state index contributed by atoms with van der Waals surface area (Å²) in [6.45, 7) is 7.95. The van der Waals surface area contributed by atoms with Crippen LogP contribution in [0.15, 0.2) is 24.3 Å². The molecule has 1 amide bonds. The van der Waals surface area contributed by atoms with Gasteiger partial charge in [0.2, 0.25) is 5.91 Å². The summed E-state index contributed by atoms with van der Waals surface area (Å²) < 4.78 is 0. The van der Waals surface area contributed by atoms with Gasteiger partial charge in [-0.2, -0.15) is 0 Å². The molecule has 0 saturated carbocycles. The van der Waals surface area contributed by atoms with Crippen LogP contribution in [0.3, 0.4) is 0 Å². The largest absolute Gasteiger partial charge is 0.351 e. The first kappa shape index (κ1) is 15.2. The molecule has 0 bridgehead atoms. The average Bonchev–Trinajstić information content (AvgIpc) is 2.43. The third kappa shape index (κ3) is 4.78. The van der Waals surface area contributed by atoms with Gasteiger partial charge in [0, 0.05) is 13.1 Å². The van der Waals surface area contributed by atoms with E-state index < -0.39 is 0 Å². The summed E-state index contributed by atoms with van der Waals surface area (Å²) in [6, 6.07) is 8.28. The number of carbonyl (C=O) groups is 1. The molecule has 0 spiro atoms. The second-order valence-electron chi connectivity index (χ2n) is 4.14. The van der Waals surface area contributed by atoms with E-state index in [1.165, 1.54) is 11.1 Å². The van der Waals surface area contributed by atoms with E-state index >= 15 is 0 Å². The molecule has 1 N–H and O–H groups in total. The number of benzene rings is 1. The summed E-state index contributed by atoms with van der Waals surface area (Å²) in [4.78, 5) is 13.6. The van der Waals surface area contributed by atoms with Gasteiger partial charge in [0.25, 0.3) is 0 Å². The first-order chi connectivity index (χ1) is 8.71. The Hall–Kier alpha value is -0.870. The van der Waals surface area contributed by atoms with Gasteiger partial charge in [-0.1, -0.05) is 54.0 Å². The smallest absolute Gasteiger partial charge is 0.230 e. The standard InChI is InChI=1S/C14H21BrN2O/c1-3-17(4-2)11-13-8-6-5-7-12(13)10-16-14(18)9-15/h5-8H,3-4,9-11H2,1-2H3,(H,16,18). The molecular formula is C14H21BrN2O. The van der Waals surface area contributed by atoms with E-state index in [9.17, 15) is 4.79 Å². The van der Waals surface area contributed by atoms with E-state index in [0.29, 0.717) is 11.9 Å². The van der Waals surface area contributed by atoms with Gasteiger partial charge >= 0.3 is 0 Å². The Balaban J connectivity index is 2.69. The third-order valence-electron chi connectivity index (χ3n) is 3.00. The van der Waals surface area contributed by atoms with Crippen LogP contribution in [0, 0.1) is 0 Å². The molecule has 0 aliphatic heterocycles. The van der Waals surface area contributed by atoms with Crippen LogP contribution in [0.25, 0.3) is 0 Å². The van der Waals surface area contributed by atoms with Gasteiger partial charge in [-0.25, -0.2) is 0 Å². The maximum absolute atomic E-state index is 11.3. The van der Waals surface area contributed by atoms with Crippen LogP contribution >= 0.6 is 15.9 Å². The van der Waals surface area contributed by atoms with Crippen molar-refractivity contribution in [2.75, 3.05) is 18.4 Å². The van der Waals surface area contributed by atoms with Crippen molar-refractivity contribution in [3.63, 3.8) is 0 Å². The SMILES string of the molecule is CCN(CC)Cc1ccccc1CNC(=O)CBr. The number of halogens is 1. The molecule has 3 nitrogen and oxygen atoms in total. The number of nitrogens with zero attached hydrogens (tertiary/aromatic N) is 1. The second-order valence-corrected chi connectivity index (χ2v) is 4.70. The monoisotopic (exact) mass is 312 g/mol. The van der Waals surface area contributed by atoms with Crippen molar-refractivity contribution in [2.45, 2.75) is 26.9 Å². The molecule has 0 atom stereocenters. The van der Waals surface area contributed by atoms with Crippen LogP contribution in [-0.2, 0) is 17.9 Å². The molecule has 0 aliphatic rings. The molecule has 0 radical (unpaired) electrons. The number of carbonyl (C=O) groups excluding carboxylic acids is 1. The topological polar surface area (TPSA) is 32.3 Å². The Kier molecular flexibility index (Phi) is 6.98. The maximum atomic E-state index is 11.3. The summed E-state index contributed by atoms with van der Waals surface area (Å²) >= 11 is 3.15. The van der Waals surface area contributed by atoms with Gasteiger partial charge < -0.3 is 5.32 Å². The number of hydrogen-bond donors (Lipinski definition) is 1. The van der Waals surface area contributed by atoms with Gasteiger partial charge in [-0.15, -0.1) is 0 Å². The van der Waals surface area contributed by atoms with E-state index in [2.05, 4.69) is 58.2 Å². The fourth-order valence-corrected chi connectivity index (χ4v) is 2.01. The molecule has 1 aromatic carbocycles. The Bertz CT molecular complexity index is 378. The Morgan fingerprint density at radius 2 is 1.83 bits per heavy atom. The minimum atomic E-state index is 0.0210. The highest BCUT2D eigenvalue weighted by Gasteiger charge is 2.06. The Morgan fingerprint density at radius 3 is 2.39 bits per heavy atom. The van der Waals surface area contributed by atoms with E-state index in [4.69, 9.17) is 0 Å². The zero-order valence-electron chi connectivity index (χ0n) is 11.1. The fraction of sp³-hybridized carbons (Fsp3) is 0.500. The van der Waals surface area contributed by atoms with Crippen LogP contribution in [-0.4, -0.2) is 29.2 Å². The van der Waals surface area contributed by atoms with Crippen LogP contribution in [0.4, 0.5) is 0 Å². The number of amides is 1. The third-order valence-corrected chi connectivity index (χ3v) is 3.51. The predicted octanol–water partition coefficient (Wildman–Crippen LogP) is 2.54. The van der Waals surface area contributed by atoms with Crippen LogP contribution in [0.2, 0.25) is 0 Å². The molecule has 1 aromatic rings. The van der Waals surface area contributed by atoms with Crippen molar-refractivity contribution in [1.29, 1.82) is 0 Å². The summed E-state index contributed by atoms with van der Waals surface area (Å²) in [6.07, 6.45) is 0. The maximum Gasteiger partial charge on any atom is 0.230 e. The van der Waals surface area contributed by atoms with Crippen molar-refractivity contribution < 1.29 is 4.79 Å². The normalized spacial score (nSPS) is 10.7. The zero-order valence-corrected chi connectivity index (χ0v) is 12.7. The predicted molar refractivity (Wildman–Crippen MR) is 78.7 cm³/mol. The number of alkyl halides is 1.